The fourth-order valence-electron chi connectivity index (χ4n) is 3.30. The fraction of sp³-hybridized carbons (Fsp3) is 0.238. The van der Waals surface area contributed by atoms with Crippen LogP contribution < -0.4 is 10.2 Å². The van der Waals surface area contributed by atoms with Crippen molar-refractivity contribution in [3.63, 3.8) is 0 Å². The summed E-state index contributed by atoms with van der Waals surface area (Å²) < 4.78 is 18.0. The Morgan fingerprint density at radius 2 is 2.07 bits per heavy atom. The number of carbonyl (C=O) groups excluding carboxylic acids is 2. The van der Waals surface area contributed by atoms with Crippen LogP contribution in [0.1, 0.15) is 17.9 Å². The van der Waals surface area contributed by atoms with Crippen molar-refractivity contribution in [1.82, 2.24) is 15.5 Å². The molecule has 1 fully saturated rings. The van der Waals surface area contributed by atoms with Gasteiger partial charge in [-0.1, -0.05) is 29.4 Å². The zero-order valence-electron chi connectivity index (χ0n) is 15.8. The van der Waals surface area contributed by atoms with E-state index >= 15 is 0 Å². The van der Waals surface area contributed by atoms with Gasteiger partial charge in [-0.15, -0.1) is 0 Å². The van der Waals surface area contributed by atoms with E-state index in [-0.39, 0.29) is 30.6 Å². The summed E-state index contributed by atoms with van der Waals surface area (Å²) in [5.74, 6) is -0.178. The van der Waals surface area contributed by atoms with E-state index in [1.54, 1.807) is 30.0 Å². The van der Waals surface area contributed by atoms with Gasteiger partial charge in [-0.2, -0.15) is 4.98 Å². The van der Waals surface area contributed by atoms with Gasteiger partial charge in [-0.05, 0) is 29.8 Å². The van der Waals surface area contributed by atoms with Gasteiger partial charge in [-0.3, -0.25) is 9.59 Å². The lowest BCUT2D eigenvalue weighted by Gasteiger charge is -2.17. The molecule has 29 heavy (non-hydrogen) atoms. The van der Waals surface area contributed by atoms with Crippen molar-refractivity contribution in [3.8, 4) is 11.4 Å². The molecule has 1 saturated heterocycles. The Kier molecular flexibility index (Phi) is 5.07. The van der Waals surface area contributed by atoms with Crippen LogP contribution in [0.15, 0.2) is 53.1 Å². The predicted octanol–water partition coefficient (Wildman–Crippen LogP) is 2.85. The highest BCUT2D eigenvalue weighted by atomic mass is 19.1. The van der Waals surface area contributed by atoms with E-state index in [1.807, 2.05) is 18.2 Å². The monoisotopic (exact) mass is 394 g/mol. The minimum atomic E-state index is -0.445. The smallest absolute Gasteiger partial charge is 0.227 e. The number of nitrogens with one attached hydrogen (secondary N) is 1. The third kappa shape index (κ3) is 4.16. The van der Waals surface area contributed by atoms with E-state index < -0.39 is 5.92 Å². The number of nitrogens with zero attached hydrogens (tertiary/aromatic N) is 3. The fourth-order valence-corrected chi connectivity index (χ4v) is 3.30. The molecule has 0 spiro atoms. The second-order valence-corrected chi connectivity index (χ2v) is 6.94. The van der Waals surface area contributed by atoms with Crippen LogP contribution in [0.3, 0.4) is 0 Å². The lowest BCUT2D eigenvalue weighted by Crippen LogP contribution is -2.32. The number of aryl methyl sites for hydroxylation is 1. The predicted molar refractivity (Wildman–Crippen MR) is 103 cm³/mol. The summed E-state index contributed by atoms with van der Waals surface area (Å²) in [5.41, 5.74) is 2.21. The number of hydrogen-bond donors (Lipinski definition) is 1. The number of amides is 2. The van der Waals surface area contributed by atoms with Gasteiger partial charge in [-0.25, -0.2) is 4.39 Å². The Hall–Kier alpha value is -3.55. The van der Waals surface area contributed by atoms with Crippen LogP contribution >= 0.6 is 0 Å². The van der Waals surface area contributed by atoms with Crippen LogP contribution in [0, 0.1) is 18.7 Å². The third-order valence-electron chi connectivity index (χ3n) is 4.82. The Morgan fingerprint density at radius 3 is 2.79 bits per heavy atom. The highest BCUT2D eigenvalue weighted by molar-refractivity contribution is 6.00. The van der Waals surface area contributed by atoms with Crippen molar-refractivity contribution in [2.24, 2.45) is 5.92 Å². The van der Waals surface area contributed by atoms with E-state index in [4.69, 9.17) is 4.52 Å². The Bertz CT molecular complexity index is 1050. The summed E-state index contributed by atoms with van der Waals surface area (Å²) in [5, 5.41) is 6.72. The van der Waals surface area contributed by atoms with E-state index in [1.165, 1.54) is 12.1 Å². The molecule has 0 unspecified atom stereocenters. The van der Waals surface area contributed by atoms with Gasteiger partial charge in [0.15, 0.2) is 0 Å². The number of halogens is 1. The van der Waals surface area contributed by atoms with Gasteiger partial charge in [0, 0.05) is 37.7 Å². The molecule has 8 heteroatoms. The zero-order chi connectivity index (χ0) is 20.4. The number of aromatic nitrogens is 2. The molecule has 4 rings (SSSR count). The number of carbonyl (C=O) groups is 2. The van der Waals surface area contributed by atoms with Crippen molar-refractivity contribution in [3.05, 3.63) is 65.8 Å². The Balaban J connectivity index is 1.42. The van der Waals surface area contributed by atoms with Crippen LogP contribution in [-0.4, -0.2) is 28.5 Å². The molecular formula is C21H19FN4O3. The molecule has 0 aliphatic carbocycles. The van der Waals surface area contributed by atoms with Gasteiger partial charge < -0.3 is 14.7 Å². The summed E-state index contributed by atoms with van der Waals surface area (Å²) in [6.07, 6.45) is 0.140. The maximum Gasteiger partial charge on any atom is 0.227 e. The molecule has 0 saturated carbocycles. The molecule has 0 bridgehead atoms. The lowest BCUT2D eigenvalue weighted by molar-refractivity contribution is -0.126. The van der Waals surface area contributed by atoms with E-state index in [0.29, 0.717) is 23.9 Å². The topological polar surface area (TPSA) is 88.3 Å². The minimum Gasteiger partial charge on any atom is -0.352 e. The van der Waals surface area contributed by atoms with Gasteiger partial charge in [0.05, 0.1) is 5.92 Å². The standard InChI is InChI=1S/C21H19FN4O3/c1-13-24-20(25-29-13)15-3-2-4-18(9-15)26-12-16(10-19(26)27)21(28)23-11-14-5-7-17(22)8-6-14/h2-9,16H,10-12H2,1H3,(H,23,28)/t16-/m0/s1. The highest BCUT2D eigenvalue weighted by Crippen LogP contribution is 2.28. The SMILES string of the molecule is Cc1nc(-c2cccc(N3C[C@@H](C(=O)NCc4ccc(F)cc4)CC3=O)c2)no1. The molecular weight excluding hydrogens is 375 g/mol. The first kappa shape index (κ1) is 18.8. The average molecular weight is 394 g/mol. The van der Waals surface area contributed by atoms with Crippen molar-refractivity contribution >= 4 is 17.5 Å². The van der Waals surface area contributed by atoms with Crippen LogP contribution in [0.5, 0.6) is 0 Å². The van der Waals surface area contributed by atoms with E-state index in [0.717, 1.165) is 11.1 Å². The van der Waals surface area contributed by atoms with Crippen LogP contribution in [-0.2, 0) is 16.1 Å². The zero-order valence-corrected chi connectivity index (χ0v) is 15.8. The number of hydrogen-bond acceptors (Lipinski definition) is 5. The molecule has 1 atom stereocenters. The van der Waals surface area contributed by atoms with Gasteiger partial charge in [0.2, 0.25) is 23.5 Å². The first-order valence-electron chi connectivity index (χ1n) is 9.23. The van der Waals surface area contributed by atoms with E-state index in [2.05, 4.69) is 15.5 Å². The first-order valence-corrected chi connectivity index (χ1v) is 9.23. The van der Waals surface area contributed by atoms with Crippen molar-refractivity contribution in [1.29, 1.82) is 0 Å². The summed E-state index contributed by atoms with van der Waals surface area (Å²) in [6.45, 7) is 2.29. The second-order valence-electron chi connectivity index (χ2n) is 6.94. The molecule has 148 valence electrons. The number of rotatable bonds is 5. The second kappa shape index (κ2) is 7.83. The van der Waals surface area contributed by atoms with Crippen LogP contribution in [0.4, 0.5) is 10.1 Å². The molecule has 0 radical (unpaired) electrons. The van der Waals surface area contributed by atoms with E-state index in [9.17, 15) is 14.0 Å². The first-order chi connectivity index (χ1) is 14.0. The van der Waals surface area contributed by atoms with Gasteiger partial charge in [0.25, 0.3) is 0 Å². The molecule has 3 aromatic rings. The van der Waals surface area contributed by atoms with Crippen LogP contribution in [0.2, 0.25) is 0 Å². The maximum atomic E-state index is 13.0. The molecule has 2 amide bonds. The van der Waals surface area contributed by atoms with Gasteiger partial charge in [0.1, 0.15) is 5.82 Å². The van der Waals surface area contributed by atoms with Crippen molar-refractivity contribution in [2.75, 3.05) is 11.4 Å². The minimum absolute atomic E-state index is 0.117. The average Bonchev–Trinajstić information content (AvgIpc) is 3.33. The quantitative estimate of drug-likeness (QED) is 0.719. The molecule has 7 nitrogen and oxygen atoms in total. The summed E-state index contributed by atoms with van der Waals surface area (Å²) in [6, 6.07) is 13.2. The third-order valence-corrected chi connectivity index (χ3v) is 4.82. The Labute approximate surface area is 166 Å². The molecule has 1 aliphatic rings. The summed E-state index contributed by atoms with van der Waals surface area (Å²) >= 11 is 0. The lowest BCUT2D eigenvalue weighted by atomic mass is 10.1. The summed E-state index contributed by atoms with van der Waals surface area (Å²) in [7, 11) is 0. The molecule has 1 aliphatic heterocycles. The Morgan fingerprint density at radius 1 is 1.28 bits per heavy atom. The molecule has 1 N–H and O–H groups in total. The summed E-state index contributed by atoms with van der Waals surface area (Å²) in [4.78, 5) is 30.8. The number of anilines is 1. The van der Waals surface area contributed by atoms with Gasteiger partial charge >= 0.3 is 0 Å². The van der Waals surface area contributed by atoms with Crippen LogP contribution in [0.25, 0.3) is 11.4 Å². The molecule has 2 aromatic carbocycles. The molecule has 2 heterocycles. The highest BCUT2D eigenvalue weighted by Gasteiger charge is 2.35. The largest absolute Gasteiger partial charge is 0.352 e. The maximum absolute atomic E-state index is 13.0. The molecule has 1 aromatic heterocycles. The van der Waals surface area contributed by atoms with Crippen molar-refractivity contribution < 1.29 is 18.5 Å². The van der Waals surface area contributed by atoms with Crippen molar-refractivity contribution in [2.45, 2.75) is 19.9 Å². The number of benzene rings is 2. The normalized spacial score (nSPS) is 16.3.